The monoisotopic (exact) mass is 473 g/mol. The summed E-state index contributed by atoms with van der Waals surface area (Å²) >= 11 is 12.0. The fourth-order valence-electron chi connectivity index (χ4n) is 4.68. The highest BCUT2D eigenvalue weighted by atomic mass is 35.5. The fourth-order valence-corrected chi connectivity index (χ4v) is 5.15. The van der Waals surface area contributed by atoms with Gasteiger partial charge in [-0.2, -0.15) is 0 Å². The molecule has 1 aliphatic rings. The second-order valence-electron chi connectivity index (χ2n) is 8.28. The summed E-state index contributed by atoms with van der Waals surface area (Å²) in [5.74, 6) is 0.944. The molecule has 1 N–H and O–H groups in total. The number of hydrogen-bond acceptors (Lipinski definition) is 3. The summed E-state index contributed by atoms with van der Waals surface area (Å²) in [6.07, 6.45) is 3.66. The number of aryl methyl sites for hydroxylation is 2. The van der Waals surface area contributed by atoms with E-state index in [1.165, 1.54) is 5.56 Å². The molecule has 1 aliphatic heterocycles. The van der Waals surface area contributed by atoms with Crippen LogP contribution in [0.4, 0.5) is 5.69 Å². The van der Waals surface area contributed by atoms with Crippen LogP contribution in [-0.2, 0) is 0 Å². The van der Waals surface area contributed by atoms with Crippen LogP contribution in [0.1, 0.15) is 40.3 Å². The Morgan fingerprint density at radius 2 is 1.70 bits per heavy atom. The van der Waals surface area contributed by atoms with Gasteiger partial charge in [0.25, 0.3) is 0 Å². The molecule has 1 saturated heterocycles. The standard InChI is InChI=1S/C26H24ClN5S/c1-16-7-6-14-29-25(16)31-17(2)15-21(18(31)3)24-23(22-8-4-5-13-28-22)30-26(33)32(24)20-11-9-19(27)10-12-20/h4-15,23-24H,1-3H3,(H,30,33)/t23-,24+/m1/s1. The predicted octanol–water partition coefficient (Wildman–Crippen LogP) is 6.02. The summed E-state index contributed by atoms with van der Waals surface area (Å²) < 4.78 is 2.22. The number of pyridine rings is 2. The van der Waals surface area contributed by atoms with Gasteiger partial charge >= 0.3 is 0 Å². The molecule has 0 unspecified atom stereocenters. The molecule has 0 aliphatic carbocycles. The number of benzene rings is 1. The zero-order valence-corrected chi connectivity index (χ0v) is 20.2. The molecule has 33 heavy (non-hydrogen) atoms. The minimum atomic E-state index is -0.104. The first-order chi connectivity index (χ1) is 16.0. The lowest BCUT2D eigenvalue weighted by molar-refractivity contribution is 0.565. The lowest BCUT2D eigenvalue weighted by Crippen LogP contribution is -2.29. The topological polar surface area (TPSA) is 46.0 Å². The summed E-state index contributed by atoms with van der Waals surface area (Å²) in [4.78, 5) is 11.5. The number of halogens is 1. The minimum absolute atomic E-state index is 0.0856. The molecule has 1 fully saturated rings. The van der Waals surface area contributed by atoms with Gasteiger partial charge in [-0.25, -0.2) is 4.98 Å². The molecule has 0 spiro atoms. The number of nitrogens with zero attached hydrogens (tertiary/aromatic N) is 4. The van der Waals surface area contributed by atoms with Gasteiger partial charge in [-0.15, -0.1) is 0 Å². The van der Waals surface area contributed by atoms with Gasteiger partial charge in [-0.1, -0.05) is 23.7 Å². The maximum Gasteiger partial charge on any atom is 0.174 e. The molecule has 0 amide bonds. The third-order valence-corrected chi connectivity index (χ3v) is 6.75. The van der Waals surface area contributed by atoms with Gasteiger partial charge < -0.3 is 14.8 Å². The van der Waals surface area contributed by atoms with E-state index in [-0.39, 0.29) is 12.1 Å². The molecule has 1 aromatic carbocycles. The van der Waals surface area contributed by atoms with Crippen molar-refractivity contribution in [1.82, 2.24) is 19.9 Å². The molecular weight excluding hydrogens is 450 g/mol. The van der Waals surface area contributed by atoms with Gasteiger partial charge in [0.05, 0.1) is 17.8 Å². The van der Waals surface area contributed by atoms with E-state index < -0.39 is 0 Å². The average molecular weight is 474 g/mol. The Morgan fingerprint density at radius 3 is 2.39 bits per heavy atom. The smallest absolute Gasteiger partial charge is 0.174 e. The maximum atomic E-state index is 6.18. The van der Waals surface area contributed by atoms with E-state index in [0.717, 1.165) is 34.2 Å². The Hall–Kier alpha value is -3.22. The van der Waals surface area contributed by atoms with Crippen LogP contribution in [0, 0.1) is 20.8 Å². The van der Waals surface area contributed by atoms with E-state index in [2.05, 4.69) is 57.7 Å². The Balaban J connectivity index is 1.69. The molecule has 5 rings (SSSR count). The highest BCUT2D eigenvalue weighted by Crippen LogP contribution is 2.43. The second-order valence-corrected chi connectivity index (χ2v) is 9.10. The zero-order valence-electron chi connectivity index (χ0n) is 18.7. The summed E-state index contributed by atoms with van der Waals surface area (Å²) in [6.45, 7) is 6.35. The molecule has 4 aromatic rings. The number of rotatable bonds is 4. The van der Waals surface area contributed by atoms with E-state index in [1.807, 2.05) is 60.9 Å². The predicted molar refractivity (Wildman–Crippen MR) is 137 cm³/mol. The second kappa shape index (κ2) is 8.61. The van der Waals surface area contributed by atoms with Crippen molar-refractivity contribution >= 4 is 34.6 Å². The van der Waals surface area contributed by atoms with Crippen molar-refractivity contribution in [1.29, 1.82) is 0 Å². The first-order valence-electron chi connectivity index (χ1n) is 10.8. The van der Waals surface area contributed by atoms with Gasteiger partial charge in [-0.05, 0) is 92.6 Å². The first kappa shape index (κ1) is 21.6. The van der Waals surface area contributed by atoms with Crippen LogP contribution < -0.4 is 10.2 Å². The van der Waals surface area contributed by atoms with Crippen LogP contribution in [0.2, 0.25) is 5.02 Å². The van der Waals surface area contributed by atoms with Crippen LogP contribution in [0.3, 0.4) is 0 Å². The Labute approximate surface area is 204 Å². The number of hydrogen-bond donors (Lipinski definition) is 1. The van der Waals surface area contributed by atoms with E-state index >= 15 is 0 Å². The van der Waals surface area contributed by atoms with Crippen molar-refractivity contribution in [3.8, 4) is 5.82 Å². The largest absolute Gasteiger partial charge is 0.351 e. The van der Waals surface area contributed by atoms with E-state index in [9.17, 15) is 0 Å². The van der Waals surface area contributed by atoms with Crippen LogP contribution in [0.15, 0.2) is 73.1 Å². The lowest BCUT2D eigenvalue weighted by atomic mass is 9.96. The van der Waals surface area contributed by atoms with Crippen LogP contribution in [0.5, 0.6) is 0 Å². The van der Waals surface area contributed by atoms with E-state index in [1.54, 1.807) is 0 Å². The Morgan fingerprint density at radius 1 is 0.939 bits per heavy atom. The van der Waals surface area contributed by atoms with Gasteiger partial charge in [0.1, 0.15) is 5.82 Å². The molecule has 2 atom stereocenters. The van der Waals surface area contributed by atoms with Crippen LogP contribution in [0.25, 0.3) is 5.82 Å². The van der Waals surface area contributed by atoms with Crippen molar-refractivity contribution in [2.24, 2.45) is 0 Å². The molecular formula is C26H24ClN5S. The fraction of sp³-hybridized carbons (Fsp3) is 0.192. The Kier molecular flexibility index (Phi) is 5.64. The molecule has 5 nitrogen and oxygen atoms in total. The van der Waals surface area contributed by atoms with Gasteiger partial charge in [0.2, 0.25) is 0 Å². The number of thiocarbonyl (C=S) groups is 1. The normalized spacial score (nSPS) is 17.9. The average Bonchev–Trinajstić information content (AvgIpc) is 3.31. The van der Waals surface area contributed by atoms with Gasteiger partial charge in [0.15, 0.2) is 5.11 Å². The molecule has 4 heterocycles. The summed E-state index contributed by atoms with van der Waals surface area (Å²) in [5.41, 5.74) is 6.49. The van der Waals surface area contributed by atoms with Crippen molar-refractivity contribution in [3.05, 3.63) is 106 Å². The third-order valence-electron chi connectivity index (χ3n) is 6.19. The van der Waals surface area contributed by atoms with Crippen molar-refractivity contribution in [3.63, 3.8) is 0 Å². The van der Waals surface area contributed by atoms with Gasteiger partial charge in [-0.3, -0.25) is 4.98 Å². The molecule has 166 valence electrons. The molecule has 0 saturated carbocycles. The number of nitrogens with one attached hydrogen (secondary N) is 1. The maximum absolute atomic E-state index is 6.18. The van der Waals surface area contributed by atoms with Crippen molar-refractivity contribution < 1.29 is 0 Å². The molecule has 7 heteroatoms. The van der Waals surface area contributed by atoms with Crippen molar-refractivity contribution in [2.75, 3.05) is 4.90 Å². The lowest BCUT2D eigenvalue weighted by Gasteiger charge is -2.28. The quantitative estimate of drug-likeness (QED) is 0.367. The van der Waals surface area contributed by atoms with E-state index in [0.29, 0.717) is 10.1 Å². The summed E-state index contributed by atoms with van der Waals surface area (Å²) in [6, 6.07) is 19.9. The molecule has 0 bridgehead atoms. The van der Waals surface area contributed by atoms with E-state index in [4.69, 9.17) is 23.8 Å². The first-order valence-corrected chi connectivity index (χ1v) is 11.6. The van der Waals surface area contributed by atoms with Crippen LogP contribution in [-0.4, -0.2) is 19.6 Å². The summed E-state index contributed by atoms with van der Waals surface area (Å²) in [5, 5.41) is 4.88. The highest BCUT2D eigenvalue weighted by molar-refractivity contribution is 7.80. The number of anilines is 1. The number of aromatic nitrogens is 3. The van der Waals surface area contributed by atoms with Gasteiger partial charge in [0, 0.05) is 34.5 Å². The molecule has 0 radical (unpaired) electrons. The SMILES string of the molecule is Cc1cccnc1-n1c(C)cc([C@H]2[C@@H](c3ccccn3)NC(=S)N2c2ccc(Cl)cc2)c1C. The van der Waals surface area contributed by atoms with Crippen molar-refractivity contribution in [2.45, 2.75) is 32.9 Å². The Bertz CT molecular complexity index is 1320. The zero-order chi connectivity index (χ0) is 23.1. The third kappa shape index (κ3) is 3.79. The van der Waals surface area contributed by atoms with Crippen LogP contribution >= 0.6 is 23.8 Å². The highest BCUT2D eigenvalue weighted by Gasteiger charge is 2.42. The minimum Gasteiger partial charge on any atom is -0.351 e. The molecule has 3 aromatic heterocycles. The summed E-state index contributed by atoms with van der Waals surface area (Å²) in [7, 11) is 0.